The van der Waals surface area contributed by atoms with Crippen LogP contribution in [-0.4, -0.2) is 37.0 Å². The Bertz CT molecular complexity index is 678. The van der Waals surface area contributed by atoms with Gasteiger partial charge in [0.05, 0.1) is 12.0 Å². The summed E-state index contributed by atoms with van der Waals surface area (Å²) >= 11 is 0. The molecule has 24 heavy (non-hydrogen) atoms. The molecule has 1 aromatic rings. The van der Waals surface area contributed by atoms with E-state index in [1.54, 1.807) is 12.1 Å². The fourth-order valence-electron chi connectivity index (χ4n) is 2.69. The van der Waals surface area contributed by atoms with Crippen LogP contribution in [0.25, 0.3) is 6.08 Å². The summed E-state index contributed by atoms with van der Waals surface area (Å²) < 4.78 is 4.49. The van der Waals surface area contributed by atoms with Crippen LogP contribution in [-0.2, 0) is 14.3 Å². The molecule has 0 aromatic heterocycles. The molecule has 128 valence electrons. The molecule has 2 N–H and O–H groups in total. The number of hydrogen-bond acceptors (Lipinski definition) is 6. The molecular formula is C16H19N3O5. The van der Waals surface area contributed by atoms with E-state index in [9.17, 15) is 19.7 Å². The zero-order valence-electron chi connectivity index (χ0n) is 13.3. The molecule has 2 rings (SSSR count). The van der Waals surface area contributed by atoms with Gasteiger partial charge in [0.2, 0.25) is 5.91 Å². The van der Waals surface area contributed by atoms with Crippen molar-refractivity contribution in [3.05, 3.63) is 40.0 Å². The van der Waals surface area contributed by atoms with Crippen LogP contribution < -0.4 is 10.6 Å². The average molecular weight is 333 g/mol. The minimum atomic E-state index is -0.532. The number of piperidine rings is 1. The van der Waals surface area contributed by atoms with Gasteiger partial charge in [-0.3, -0.25) is 14.9 Å². The summed E-state index contributed by atoms with van der Waals surface area (Å²) in [6.45, 7) is 1.07. The zero-order valence-corrected chi connectivity index (χ0v) is 13.3. The number of esters is 1. The summed E-state index contributed by atoms with van der Waals surface area (Å²) in [6, 6.07) is 4.76. The van der Waals surface area contributed by atoms with Gasteiger partial charge in [-0.1, -0.05) is 6.07 Å². The van der Waals surface area contributed by atoms with Crippen molar-refractivity contribution in [2.75, 3.05) is 25.1 Å². The molecule has 1 heterocycles. The largest absolute Gasteiger partial charge is 0.466 e. The molecule has 1 amide bonds. The van der Waals surface area contributed by atoms with Gasteiger partial charge in [0, 0.05) is 31.1 Å². The van der Waals surface area contributed by atoms with E-state index in [0.717, 1.165) is 0 Å². The van der Waals surface area contributed by atoms with E-state index < -0.39 is 10.9 Å². The smallest absolute Gasteiger partial charge is 0.330 e. The standard InChI is InChI=1S/C16H19N3O5/c1-24-15(20)5-3-11-2-4-13(14(10-11)19(22)23)18-8-6-12(7-9-18)16(17)21/h2-5,10,12H,6-9H2,1H3,(H2,17,21)/b5-3+. The Morgan fingerprint density at radius 3 is 2.58 bits per heavy atom. The number of nitro benzene ring substituents is 1. The first-order valence-corrected chi connectivity index (χ1v) is 7.51. The van der Waals surface area contributed by atoms with Gasteiger partial charge in [0.25, 0.3) is 5.69 Å². The quantitative estimate of drug-likeness (QED) is 0.378. The Balaban J connectivity index is 2.21. The summed E-state index contributed by atoms with van der Waals surface area (Å²) in [5.41, 5.74) is 6.29. The molecular weight excluding hydrogens is 314 g/mol. The number of nitrogens with two attached hydrogens (primary N) is 1. The number of rotatable bonds is 5. The highest BCUT2D eigenvalue weighted by Crippen LogP contribution is 2.32. The van der Waals surface area contributed by atoms with Gasteiger partial charge in [-0.2, -0.15) is 0 Å². The molecule has 8 nitrogen and oxygen atoms in total. The van der Waals surface area contributed by atoms with Crippen molar-refractivity contribution in [2.45, 2.75) is 12.8 Å². The number of carbonyl (C=O) groups excluding carboxylic acids is 2. The highest BCUT2D eigenvalue weighted by Gasteiger charge is 2.27. The molecule has 0 bridgehead atoms. The molecule has 1 aliphatic heterocycles. The van der Waals surface area contributed by atoms with Crippen molar-refractivity contribution in [1.82, 2.24) is 0 Å². The van der Waals surface area contributed by atoms with E-state index in [1.165, 1.54) is 25.3 Å². The van der Waals surface area contributed by atoms with Gasteiger partial charge in [-0.15, -0.1) is 0 Å². The fourth-order valence-corrected chi connectivity index (χ4v) is 2.69. The molecule has 0 atom stereocenters. The van der Waals surface area contributed by atoms with Crippen LogP contribution in [0.4, 0.5) is 11.4 Å². The van der Waals surface area contributed by atoms with E-state index in [-0.39, 0.29) is 17.5 Å². The maximum atomic E-state index is 11.4. The molecule has 0 aliphatic carbocycles. The van der Waals surface area contributed by atoms with E-state index in [1.807, 2.05) is 4.90 Å². The second-order valence-electron chi connectivity index (χ2n) is 5.53. The van der Waals surface area contributed by atoms with Crippen molar-refractivity contribution in [2.24, 2.45) is 11.7 Å². The lowest BCUT2D eigenvalue weighted by Gasteiger charge is -2.32. The maximum Gasteiger partial charge on any atom is 0.330 e. The van der Waals surface area contributed by atoms with Gasteiger partial charge < -0.3 is 15.4 Å². The van der Waals surface area contributed by atoms with Crippen molar-refractivity contribution in [3.63, 3.8) is 0 Å². The fraction of sp³-hybridized carbons (Fsp3) is 0.375. The highest BCUT2D eigenvalue weighted by molar-refractivity contribution is 5.87. The van der Waals surface area contributed by atoms with Gasteiger partial charge >= 0.3 is 5.97 Å². The summed E-state index contributed by atoms with van der Waals surface area (Å²) in [5, 5.41) is 11.4. The molecule has 0 saturated carbocycles. The highest BCUT2D eigenvalue weighted by atomic mass is 16.6. The monoisotopic (exact) mass is 333 g/mol. The number of nitrogens with zero attached hydrogens (tertiary/aromatic N) is 2. The SMILES string of the molecule is COC(=O)/C=C/c1ccc(N2CCC(C(N)=O)CC2)c([N+](=O)[O-])c1. The summed E-state index contributed by atoms with van der Waals surface area (Å²) in [5.74, 6) is -1.04. The van der Waals surface area contributed by atoms with Crippen molar-refractivity contribution >= 4 is 29.3 Å². The third-order valence-corrected chi connectivity index (χ3v) is 4.05. The molecule has 1 fully saturated rings. The summed E-state index contributed by atoms with van der Waals surface area (Å²) in [4.78, 5) is 35.1. The predicted molar refractivity (Wildman–Crippen MR) is 88.3 cm³/mol. The first-order valence-electron chi connectivity index (χ1n) is 7.51. The minimum absolute atomic E-state index is 0.0421. The van der Waals surface area contributed by atoms with E-state index in [4.69, 9.17) is 5.73 Å². The van der Waals surface area contributed by atoms with Crippen LogP contribution in [0.2, 0.25) is 0 Å². The molecule has 0 spiro atoms. The number of anilines is 1. The summed E-state index contributed by atoms with van der Waals surface area (Å²) in [7, 11) is 1.26. The van der Waals surface area contributed by atoms with Crippen molar-refractivity contribution in [3.8, 4) is 0 Å². The van der Waals surface area contributed by atoms with E-state index in [2.05, 4.69) is 4.74 Å². The second kappa shape index (κ2) is 7.58. The number of amides is 1. The number of hydrogen-bond donors (Lipinski definition) is 1. The predicted octanol–water partition coefficient (Wildman–Crippen LogP) is 1.48. The third kappa shape index (κ3) is 4.09. The first kappa shape index (κ1) is 17.5. The number of methoxy groups -OCH3 is 1. The maximum absolute atomic E-state index is 11.4. The van der Waals surface area contributed by atoms with E-state index in [0.29, 0.717) is 37.2 Å². The molecule has 1 aliphatic rings. The third-order valence-electron chi connectivity index (χ3n) is 4.05. The minimum Gasteiger partial charge on any atom is -0.466 e. The Morgan fingerprint density at radius 2 is 2.04 bits per heavy atom. The van der Waals surface area contributed by atoms with Gasteiger partial charge in [-0.25, -0.2) is 4.79 Å². The number of nitro groups is 1. The van der Waals surface area contributed by atoms with Crippen LogP contribution in [0.5, 0.6) is 0 Å². The molecule has 0 unspecified atom stereocenters. The Morgan fingerprint density at radius 1 is 1.38 bits per heavy atom. The normalized spacial score (nSPS) is 15.5. The lowest BCUT2D eigenvalue weighted by molar-refractivity contribution is -0.384. The van der Waals surface area contributed by atoms with Gasteiger partial charge in [0.15, 0.2) is 0 Å². The molecule has 1 saturated heterocycles. The number of benzene rings is 1. The van der Waals surface area contributed by atoms with E-state index >= 15 is 0 Å². The van der Waals surface area contributed by atoms with Gasteiger partial charge in [-0.05, 0) is 30.5 Å². The first-order chi connectivity index (χ1) is 11.4. The Kier molecular flexibility index (Phi) is 5.51. The van der Waals surface area contributed by atoms with Crippen LogP contribution in [0.15, 0.2) is 24.3 Å². The lowest BCUT2D eigenvalue weighted by atomic mass is 9.95. The second-order valence-corrected chi connectivity index (χ2v) is 5.53. The number of ether oxygens (including phenoxy) is 1. The topological polar surface area (TPSA) is 116 Å². The van der Waals surface area contributed by atoms with Crippen LogP contribution >= 0.6 is 0 Å². The van der Waals surface area contributed by atoms with Crippen molar-refractivity contribution < 1.29 is 19.2 Å². The number of primary amides is 1. The molecule has 8 heteroatoms. The van der Waals surface area contributed by atoms with Crippen LogP contribution in [0.3, 0.4) is 0 Å². The van der Waals surface area contributed by atoms with Crippen LogP contribution in [0, 0.1) is 16.0 Å². The molecule has 0 radical (unpaired) electrons. The Hall–Kier alpha value is -2.90. The van der Waals surface area contributed by atoms with Crippen LogP contribution in [0.1, 0.15) is 18.4 Å². The summed E-state index contributed by atoms with van der Waals surface area (Å²) in [6.07, 6.45) is 3.83. The van der Waals surface area contributed by atoms with Crippen molar-refractivity contribution in [1.29, 1.82) is 0 Å². The molecule has 1 aromatic carbocycles. The number of carbonyl (C=O) groups is 2. The Labute approximate surface area is 139 Å². The lowest BCUT2D eigenvalue weighted by Crippen LogP contribution is -2.38. The zero-order chi connectivity index (χ0) is 17.7. The average Bonchev–Trinajstić information content (AvgIpc) is 2.59. The van der Waals surface area contributed by atoms with Gasteiger partial charge in [0.1, 0.15) is 5.69 Å².